The molecule has 366 valence electrons. The van der Waals surface area contributed by atoms with E-state index in [0.717, 1.165) is 19.3 Å². The van der Waals surface area contributed by atoms with Crippen molar-refractivity contribution in [1.29, 1.82) is 0 Å². The van der Waals surface area contributed by atoms with E-state index >= 15 is 0 Å². The van der Waals surface area contributed by atoms with Crippen LogP contribution in [0.3, 0.4) is 0 Å². The number of carbonyl (C=O) groups is 4. The summed E-state index contributed by atoms with van der Waals surface area (Å²) in [4.78, 5) is 53.6. The third kappa shape index (κ3) is 18.4. The van der Waals surface area contributed by atoms with Gasteiger partial charge in [0.25, 0.3) is 0 Å². The molecule has 10 unspecified atom stereocenters. The number of hydrogen-bond donors (Lipinski definition) is 10. The number of aliphatic hydroxyl groups excluding tert-OH is 8. The SMILES string of the molecule is COC[C@@H]1C[C@@H](OC)CN1C(=O)CCCCCCC(=O)[C@@H](CCCCNC(=O)CCCCOC1OC(CO)C(O)C(O)C1O)NC(=O)CCCCOC1OC(CO)C(O)C(O)C1O. The Morgan fingerprint density at radius 2 is 1.19 bits per heavy atom. The predicted molar refractivity (Wildman–Crippen MR) is 221 cm³/mol. The maximum absolute atomic E-state index is 13.4. The van der Waals surface area contributed by atoms with Gasteiger partial charge in [0, 0.05) is 66.2 Å². The Hall–Kier alpha value is -2.48. The minimum absolute atomic E-state index is 0.00681. The summed E-state index contributed by atoms with van der Waals surface area (Å²) in [6.45, 7) is 0.385. The number of ether oxygens (including phenoxy) is 6. The summed E-state index contributed by atoms with van der Waals surface area (Å²) in [5, 5.41) is 84.4. The van der Waals surface area contributed by atoms with Gasteiger partial charge in [-0.2, -0.15) is 0 Å². The third-order valence-electron chi connectivity index (χ3n) is 11.8. The van der Waals surface area contributed by atoms with Gasteiger partial charge in [0.1, 0.15) is 48.8 Å². The van der Waals surface area contributed by atoms with E-state index in [4.69, 9.17) is 28.4 Å². The second kappa shape index (κ2) is 29.9. The van der Waals surface area contributed by atoms with Crippen molar-refractivity contribution in [3.8, 4) is 0 Å². The van der Waals surface area contributed by atoms with Crippen molar-refractivity contribution >= 4 is 23.5 Å². The fourth-order valence-electron chi connectivity index (χ4n) is 7.90. The van der Waals surface area contributed by atoms with Crippen LogP contribution in [0.4, 0.5) is 0 Å². The standard InChI is InChI=1S/C42H75N3O18/c1-58-25-26-21-27(59-2)22-45(26)34(51)17-6-4-3-5-14-29(48)28(44-33(50)16-9-12-20-61-42-40(57)38(55)36(53)31(24-47)63-42)13-7-10-18-43-32(49)15-8-11-19-60-41-39(56)37(54)35(52)30(23-46)62-41/h26-28,30-31,35-42,46-47,52-57H,3-25H2,1-2H3,(H,43,49)(H,44,50)/t26-,27+,28+,30?,31?,35?,36?,37?,38?,39?,40?,41?,42?/m0/s1. The molecule has 0 aliphatic carbocycles. The topological polar surface area (TPSA) is 313 Å². The number of methoxy groups -OCH3 is 2. The summed E-state index contributed by atoms with van der Waals surface area (Å²) in [6, 6.07) is -0.738. The maximum Gasteiger partial charge on any atom is 0.222 e. The summed E-state index contributed by atoms with van der Waals surface area (Å²) in [6.07, 6.45) is -6.17. The van der Waals surface area contributed by atoms with Crippen LogP contribution >= 0.6 is 0 Å². The van der Waals surface area contributed by atoms with Crippen LogP contribution < -0.4 is 10.6 Å². The average molecular weight is 910 g/mol. The molecule has 3 fully saturated rings. The van der Waals surface area contributed by atoms with Crippen LogP contribution in [0.15, 0.2) is 0 Å². The average Bonchev–Trinajstić information content (AvgIpc) is 3.69. The lowest BCUT2D eigenvalue weighted by Crippen LogP contribution is -2.59. The lowest BCUT2D eigenvalue weighted by molar-refractivity contribution is -0.301. The molecule has 3 rings (SSSR count). The van der Waals surface area contributed by atoms with Crippen molar-refractivity contribution < 1.29 is 88.5 Å². The number of unbranched alkanes of at least 4 members (excludes halogenated alkanes) is 6. The number of likely N-dealkylation sites (tertiary alicyclic amines) is 1. The highest BCUT2D eigenvalue weighted by atomic mass is 16.7. The summed E-state index contributed by atoms with van der Waals surface area (Å²) >= 11 is 0. The highest BCUT2D eigenvalue weighted by Crippen LogP contribution is 2.25. The Morgan fingerprint density at radius 1 is 0.651 bits per heavy atom. The monoisotopic (exact) mass is 910 g/mol. The van der Waals surface area contributed by atoms with Crippen molar-refractivity contribution in [3.05, 3.63) is 0 Å². The second-order valence-electron chi connectivity index (χ2n) is 16.6. The summed E-state index contributed by atoms with van der Waals surface area (Å²) in [5.41, 5.74) is 0. The highest BCUT2D eigenvalue weighted by molar-refractivity contribution is 5.89. The van der Waals surface area contributed by atoms with Crippen LogP contribution in [0.25, 0.3) is 0 Å². The molecule has 3 aliphatic rings. The first-order chi connectivity index (χ1) is 30.3. The van der Waals surface area contributed by atoms with Gasteiger partial charge < -0.3 is 84.8 Å². The molecule has 3 aliphatic heterocycles. The van der Waals surface area contributed by atoms with Crippen LogP contribution in [0.5, 0.6) is 0 Å². The fourth-order valence-corrected chi connectivity index (χ4v) is 7.90. The van der Waals surface area contributed by atoms with Crippen molar-refractivity contribution in [2.45, 2.75) is 182 Å². The van der Waals surface area contributed by atoms with Crippen molar-refractivity contribution in [2.75, 3.05) is 60.3 Å². The van der Waals surface area contributed by atoms with E-state index in [0.29, 0.717) is 83.9 Å². The van der Waals surface area contributed by atoms with Gasteiger partial charge in [0.05, 0.1) is 38.0 Å². The van der Waals surface area contributed by atoms with Gasteiger partial charge >= 0.3 is 0 Å². The molecule has 13 atom stereocenters. The molecule has 0 spiro atoms. The van der Waals surface area contributed by atoms with E-state index in [-0.39, 0.29) is 68.1 Å². The lowest BCUT2D eigenvalue weighted by Gasteiger charge is -2.39. The van der Waals surface area contributed by atoms with Crippen LogP contribution in [-0.4, -0.2) is 209 Å². The van der Waals surface area contributed by atoms with Gasteiger partial charge in [-0.05, 0) is 64.2 Å². The van der Waals surface area contributed by atoms with Crippen LogP contribution in [0, 0.1) is 0 Å². The normalized spacial score (nSPS) is 30.3. The Balaban J connectivity index is 1.37. The van der Waals surface area contributed by atoms with Gasteiger partial charge in [-0.15, -0.1) is 0 Å². The zero-order valence-corrected chi connectivity index (χ0v) is 36.9. The molecule has 21 heteroatoms. The van der Waals surface area contributed by atoms with E-state index in [1.54, 1.807) is 14.2 Å². The van der Waals surface area contributed by atoms with Crippen LogP contribution in [0.1, 0.15) is 103 Å². The number of aliphatic hydroxyl groups is 8. The zero-order chi connectivity index (χ0) is 46.3. The lowest BCUT2D eigenvalue weighted by atomic mass is 9.99. The quantitative estimate of drug-likeness (QED) is 0.0333. The van der Waals surface area contributed by atoms with E-state index in [2.05, 4.69) is 10.6 Å². The number of hydrogen-bond acceptors (Lipinski definition) is 18. The molecule has 0 aromatic heterocycles. The van der Waals surface area contributed by atoms with Gasteiger partial charge in [-0.1, -0.05) is 12.8 Å². The third-order valence-corrected chi connectivity index (χ3v) is 11.8. The smallest absolute Gasteiger partial charge is 0.222 e. The van der Waals surface area contributed by atoms with E-state index in [1.165, 1.54) is 0 Å². The molecule has 10 N–H and O–H groups in total. The predicted octanol–water partition coefficient (Wildman–Crippen LogP) is -2.10. The minimum Gasteiger partial charge on any atom is -0.394 e. The van der Waals surface area contributed by atoms with Crippen molar-refractivity contribution in [1.82, 2.24) is 15.5 Å². The van der Waals surface area contributed by atoms with E-state index in [9.17, 15) is 60.0 Å². The molecular formula is C42H75N3O18. The molecule has 0 aromatic carbocycles. The first-order valence-electron chi connectivity index (χ1n) is 22.5. The minimum atomic E-state index is -1.56. The Kier molecular flexibility index (Phi) is 26.1. The Bertz CT molecular complexity index is 1330. The first-order valence-corrected chi connectivity index (χ1v) is 22.5. The molecule has 0 saturated carbocycles. The molecule has 3 heterocycles. The highest BCUT2D eigenvalue weighted by Gasteiger charge is 2.45. The molecule has 0 bridgehead atoms. The zero-order valence-electron chi connectivity index (χ0n) is 36.9. The molecule has 0 radical (unpaired) electrons. The number of nitrogens with one attached hydrogen (secondary N) is 2. The number of rotatable bonds is 31. The summed E-state index contributed by atoms with van der Waals surface area (Å²) < 4.78 is 32.4. The first kappa shape index (κ1) is 54.9. The van der Waals surface area contributed by atoms with Gasteiger partial charge in [-0.25, -0.2) is 0 Å². The Morgan fingerprint density at radius 3 is 1.73 bits per heavy atom. The molecule has 3 amide bonds. The van der Waals surface area contributed by atoms with Crippen molar-refractivity contribution in [2.24, 2.45) is 0 Å². The number of Topliss-reactive ketones (excluding diaryl/α,β-unsaturated/α-hetero) is 1. The molecule has 21 nitrogen and oxygen atoms in total. The van der Waals surface area contributed by atoms with E-state index in [1.807, 2.05) is 4.90 Å². The number of nitrogens with zero attached hydrogens (tertiary/aromatic N) is 1. The number of ketones is 1. The maximum atomic E-state index is 13.4. The second-order valence-corrected chi connectivity index (χ2v) is 16.6. The van der Waals surface area contributed by atoms with Crippen LogP contribution in [-0.2, 0) is 47.6 Å². The number of amides is 3. The van der Waals surface area contributed by atoms with Gasteiger partial charge in [0.15, 0.2) is 18.4 Å². The Labute approximate surface area is 369 Å². The molecule has 3 saturated heterocycles. The molecular weight excluding hydrogens is 834 g/mol. The summed E-state index contributed by atoms with van der Waals surface area (Å²) in [7, 11) is 3.25. The number of carbonyl (C=O) groups excluding carboxylic acids is 4. The van der Waals surface area contributed by atoms with Gasteiger partial charge in [-0.3, -0.25) is 19.2 Å². The molecule has 0 aromatic rings. The van der Waals surface area contributed by atoms with Crippen molar-refractivity contribution in [3.63, 3.8) is 0 Å². The van der Waals surface area contributed by atoms with Gasteiger partial charge in [0.2, 0.25) is 17.7 Å². The van der Waals surface area contributed by atoms with Crippen LogP contribution in [0.2, 0.25) is 0 Å². The summed E-state index contributed by atoms with van der Waals surface area (Å²) in [5.74, 6) is -0.555. The van der Waals surface area contributed by atoms with E-state index < -0.39 is 80.7 Å². The fraction of sp³-hybridized carbons (Fsp3) is 0.905. The largest absolute Gasteiger partial charge is 0.394 e. The molecule has 63 heavy (non-hydrogen) atoms.